The molecule has 0 aromatic carbocycles. The summed E-state index contributed by atoms with van der Waals surface area (Å²) in [7, 11) is 0. The quantitative estimate of drug-likeness (QED) is 0.752. The molecule has 2 nitrogen and oxygen atoms in total. The number of nitrogens with one attached hydrogen (secondary N) is 2. The standard InChI is InChI=1S/C13H26N2S2/c1-11(2)9-14-12(16)15-10-13(17-3)7-5-4-6-8-13/h11H,4-10H2,1-3H3,(H2,14,15,16). The minimum atomic E-state index is 0.418. The Morgan fingerprint density at radius 2 is 1.88 bits per heavy atom. The first-order chi connectivity index (χ1) is 8.08. The summed E-state index contributed by atoms with van der Waals surface area (Å²) >= 11 is 7.32. The largest absolute Gasteiger partial charge is 0.362 e. The summed E-state index contributed by atoms with van der Waals surface area (Å²) in [5, 5.41) is 7.49. The molecular weight excluding hydrogens is 248 g/mol. The normalized spacial score (nSPS) is 19.1. The Hall–Kier alpha value is 0.0400. The van der Waals surface area contributed by atoms with E-state index in [9.17, 15) is 0 Å². The molecule has 1 fully saturated rings. The van der Waals surface area contributed by atoms with Gasteiger partial charge in [0.15, 0.2) is 5.11 Å². The van der Waals surface area contributed by atoms with Crippen LogP contribution in [0.15, 0.2) is 0 Å². The average molecular weight is 274 g/mol. The molecule has 1 aliphatic carbocycles. The Kier molecular flexibility index (Phi) is 6.63. The molecule has 100 valence electrons. The summed E-state index contributed by atoms with van der Waals surface area (Å²) < 4.78 is 0.418. The molecule has 0 aliphatic heterocycles. The summed E-state index contributed by atoms with van der Waals surface area (Å²) in [6.45, 7) is 6.36. The van der Waals surface area contributed by atoms with Crippen molar-refractivity contribution in [1.82, 2.24) is 10.6 Å². The van der Waals surface area contributed by atoms with Crippen molar-refractivity contribution in [2.75, 3.05) is 19.3 Å². The van der Waals surface area contributed by atoms with Gasteiger partial charge in [0, 0.05) is 17.8 Å². The first-order valence-electron chi connectivity index (χ1n) is 6.65. The van der Waals surface area contributed by atoms with Crippen LogP contribution in [-0.4, -0.2) is 29.2 Å². The van der Waals surface area contributed by atoms with E-state index < -0.39 is 0 Å². The molecule has 0 spiro atoms. The lowest BCUT2D eigenvalue weighted by Crippen LogP contribution is -2.46. The molecule has 0 bridgehead atoms. The first-order valence-corrected chi connectivity index (χ1v) is 8.28. The minimum Gasteiger partial charge on any atom is -0.362 e. The maximum atomic E-state index is 5.31. The molecule has 0 atom stereocenters. The zero-order valence-corrected chi connectivity index (χ0v) is 13.0. The molecule has 0 saturated heterocycles. The molecule has 0 aromatic rings. The molecule has 0 aromatic heterocycles. The van der Waals surface area contributed by atoms with Crippen molar-refractivity contribution in [2.45, 2.75) is 50.7 Å². The van der Waals surface area contributed by atoms with Crippen LogP contribution in [0, 0.1) is 5.92 Å². The van der Waals surface area contributed by atoms with Gasteiger partial charge in [0.1, 0.15) is 0 Å². The van der Waals surface area contributed by atoms with Gasteiger partial charge in [-0.15, -0.1) is 0 Å². The fourth-order valence-corrected chi connectivity index (χ4v) is 3.32. The first kappa shape index (κ1) is 15.1. The van der Waals surface area contributed by atoms with Crippen LogP contribution in [0.5, 0.6) is 0 Å². The SMILES string of the molecule is CSC1(CNC(=S)NCC(C)C)CCCCC1. The second kappa shape index (κ2) is 7.47. The number of thiocarbonyl (C=S) groups is 1. The van der Waals surface area contributed by atoms with Crippen LogP contribution in [0.25, 0.3) is 0 Å². The lowest BCUT2D eigenvalue weighted by Gasteiger charge is -2.36. The van der Waals surface area contributed by atoms with Gasteiger partial charge in [0.25, 0.3) is 0 Å². The topological polar surface area (TPSA) is 24.1 Å². The van der Waals surface area contributed by atoms with Crippen LogP contribution in [-0.2, 0) is 0 Å². The highest BCUT2D eigenvalue weighted by Crippen LogP contribution is 2.37. The van der Waals surface area contributed by atoms with E-state index in [0.29, 0.717) is 10.7 Å². The number of thioether (sulfide) groups is 1. The monoisotopic (exact) mass is 274 g/mol. The minimum absolute atomic E-state index is 0.418. The van der Waals surface area contributed by atoms with Crippen LogP contribution in [0.1, 0.15) is 46.0 Å². The van der Waals surface area contributed by atoms with Gasteiger partial charge < -0.3 is 10.6 Å². The van der Waals surface area contributed by atoms with E-state index in [1.807, 2.05) is 11.8 Å². The summed E-state index contributed by atoms with van der Waals surface area (Å²) in [4.78, 5) is 0. The average Bonchev–Trinajstić information content (AvgIpc) is 2.35. The maximum Gasteiger partial charge on any atom is 0.166 e. The lowest BCUT2D eigenvalue weighted by molar-refractivity contribution is 0.394. The van der Waals surface area contributed by atoms with Gasteiger partial charge in [-0.25, -0.2) is 0 Å². The van der Waals surface area contributed by atoms with Crippen LogP contribution >= 0.6 is 24.0 Å². The number of hydrogen-bond donors (Lipinski definition) is 2. The smallest absolute Gasteiger partial charge is 0.166 e. The van der Waals surface area contributed by atoms with E-state index >= 15 is 0 Å². The van der Waals surface area contributed by atoms with Gasteiger partial charge in [-0.3, -0.25) is 0 Å². The molecule has 1 rings (SSSR count). The van der Waals surface area contributed by atoms with Gasteiger partial charge >= 0.3 is 0 Å². The van der Waals surface area contributed by atoms with Crippen molar-refractivity contribution in [2.24, 2.45) is 5.92 Å². The summed E-state index contributed by atoms with van der Waals surface area (Å²) in [5.41, 5.74) is 0. The van der Waals surface area contributed by atoms with Crippen molar-refractivity contribution in [3.8, 4) is 0 Å². The highest BCUT2D eigenvalue weighted by Gasteiger charge is 2.30. The molecule has 0 unspecified atom stereocenters. The Morgan fingerprint density at radius 3 is 2.41 bits per heavy atom. The van der Waals surface area contributed by atoms with Gasteiger partial charge in [-0.2, -0.15) is 11.8 Å². The van der Waals surface area contributed by atoms with Gasteiger partial charge in [-0.1, -0.05) is 33.1 Å². The third-order valence-corrected chi connectivity index (χ3v) is 5.15. The van der Waals surface area contributed by atoms with Gasteiger partial charge in [0.2, 0.25) is 0 Å². The van der Waals surface area contributed by atoms with E-state index in [1.54, 1.807) is 0 Å². The molecule has 1 saturated carbocycles. The Balaban J connectivity index is 2.29. The van der Waals surface area contributed by atoms with E-state index in [1.165, 1.54) is 32.1 Å². The van der Waals surface area contributed by atoms with Crippen LogP contribution in [0.3, 0.4) is 0 Å². The third-order valence-electron chi connectivity index (χ3n) is 3.44. The molecule has 0 amide bonds. The fraction of sp³-hybridized carbons (Fsp3) is 0.923. The lowest BCUT2D eigenvalue weighted by atomic mass is 9.88. The Bertz CT molecular complexity index is 236. The Morgan fingerprint density at radius 1 is 1.24 bits per heavy atom. The highest BCUT2D eigenvalue weighted by molar-refractivity contribution is 8.00. The van der Waals surface area contributed by atoms with Crippen molar-refractivity contribution in [3.05, 3.63) is 0 Å². The maximum absolute atomic E-state index is 5.31. The summed E-state index contributed by atoms with van der Waals surface area (Å²) in [6.07, 6.45) is 9.03. The Labute approximate surface area is 116 Å². The van der Waals surface area contributed by atoms with Gasteiger partial charge in [-0.05, 0) is 37.2 Å². The molecule has 2 N–H and O–H groups in total. The molecule has 1 aliphatic rings. The van der Waals surface area contributed by atoms with Gasteiger partial charge in [0.05, 0.1) is 0 Å². The zero-order chi connectivity index (χ0) is 12.7. The van der Waals surface area contributed by atoms with Crippen LogP contribution in [0.2, 0.25) is 0 Å². The van der Waals surface area contributed by atoms with Crippen molar-refractivity contribution in [1.29, 1.82) is 0 Å². The summed E-state index contributed by atoms with van der Waals surface area (Å²) in [5.74, 6) is 0.638. The number of hydrogen-bond acceptors (Lipinski definition) is 2. The number of rotatable bonds is 5. The van der Waals surface area contributed by atoms with Crippen LogP contribution in [0.4, 0.5) is 0 Å². The summed E-state index contributed by atoms with van der Waals surface area (Å²) in [6, 6.07) is 0. The molecule has 17 heavy (non-hydrogen) atoms. The predicted octanol–water partition coefficient (Wildman–Crippen LogP) is 3.17. The van der Waals surface area contributed by atoms with E-state index in [4.69, 9.17) is 12.2 Å². The van der Waals surface area contributed by atoms with E-state index in [-0.39, 0.29) is 0 Å². The fourth-order valence-electron chi connectivity index (χ4n) is 2.25. The van der Waals surface area contributed by atoms with E-state index in [2.05, 4.69) is 30.7 Å². The second-order valence-electron chi connectivity index (χ2n) is 5.41. The van der Waals surface area contributed by atoms with Crippen LogP contribution < -0.4 is 10.6 Å². The third kappa shape index (κ3) is 5.47. The second-order valence-corrected chi connectivity index (χ2v) is 7.09. The van der Waals surface area contributed by atoms with Crippen molar-refractivity contribution in [3.63, 3.8) is 0 Å². The predicted molar refractivity (Wildman–Crippen MR) is 82.8 cm³/mol. The van der Waals surface area contributed by atoms with Crippen molar-refractivity contribution >= 4 is 29.1 Å². The highest BCUT2D eigenvalue weighted by atomic mass is 32.2. The molecule has 0 radical (unpaired) electrons. The molecule has 0 heterocycles. The van der Waals surface area contributed by atoms with Crippen molar-refractivity contribution < 1.29 is 0 Å². The van der Waals surface area contributed by atoms with E-state index in [0.717, 1.165) is 18.2 Å². The molecular formula is C13H26N2S2. The zero-order valence-electron chi connectivity index (χ0n) is 11.3. The molecule has 4 heteroatoms.